The number of aliphatic carboxylic acids is 1. The highest BCUT2D eigenvalue weighted by Gasteiger charge is 2.16. The Balaban J connectivity index is 2.19. The summed E-state index contributed by atoms with van der Waals surface area (Å²) in [5, 5.41) is 10.9. The van der Waals surface area contributed by atoms with Gasteiger partial charge in [-0.15, -0.1) is 11.3 Å². The second-order valence-electron chi connectivity index (χ2n) is 4.13. The Morgan fingerprint density at radius 2 is 2.00 bits per heavy atom. The predicted molar refractivity (Wildman–Crippen MR) is 69.4 cm³/mol. The van der Waals surface area contributed by atoms with E-state index in [2.05, 4.69) is 0 Å². The number of thiophene rings is 1. The van der Waals surface area contributed by atoms with Gasteiger partial charge in [0.1, 0.15) is 5.82 Å². The van der Waals surface area contributed by atoms with Crippen molar-refractivity contribution in [3.8, 4) is 0 Å². The maximum atomic E-state index is 12.9. The number of carbonyl (C=O) groups is 1. The van der Waals surface area contributed by atoms with Crippen LogP contribution in [0.5, 0.6) is 0 Å². The number of hydrogen-bond acceptors (Lipinski definition) is 2. The fraction of sp³-hybridized carbons (Fsp3) is 0.214. The zero-order valence-electron chi connectivity index (χ0n) is 9.67. The van der Waals surface area contributed by atoms with Crippen molar-refractivity contribution in [2.45, 2.75) is 18.8 Å². The van der Waals surface area contributed by atoms with Crippen molar-refractivity contribution in [3.63, 3.8) is 0 Å². The molecule has 2 nitrogen and oxygen atoms in total. The minimum Gasteiger partial charge on any atom is -0.481 e. The Kier molecular flexibility index (Phi) is 4.10. The third-order valence-corrected chi connectivity index (χ3v) is 3.69. The molecule has 0 bridgehead atoms. The van der Waals surface area contributed by atoms with Gasteiger partial charge in [0, 0.05) is 4.88 Å². The first-order chi connectivity index (χ1) is 8.65. The molecule has 1 N–H and O–H groups in total. The van der Waals surface area contributed by atoms with E-state index in [1.165, 1.54) is 12.1 Å². The molecule has 2 rings (SSSR count). The van der Waals surface area contributed by atoms with Gasteiger partial charge in [0.2, 0.25) is 0 Å². The lowest BCUT2D eigenvalue weighted by atomic mass is 9.92. The molecule has 1 aromatic heterocycles. The smallest absolute Gasteiger partial charge is 0.303 e. The summed E-state index contributed by atoms with van der Waals surface area (Å²) in [6.07, 6.45) is 0.735. The van der Waals surface area contributed by atoms with Gasteiger partial charge in [-0.3, -0.25) is 4.79 Å². The fourth-order valence-corrected chi connectivity index (χ4v) is 2.71. The molecule has 0 spiro atoms. The van der Waals surface area contributed by atoms with Crippen molar-refractivity contribution < 1.29 is 14.3 Å². The van der Waals surface area contributed by atoms with Gasteiger partial charge in [0.25, 0.3) is 0 Å². The summed E-state index contributed by atoms with van der Waals surface area (Å²) >= 11 is 1.61. The number of hydrogen-bond donors (Lipinski definition) is 1. The van der Waals surface area contributed by atoms with Gasteiger partial charge in [-0.05, 0) is 41.5 Å². The van der Waals surface area contributed by atoms with Gasteiger partial charge in [-0.2, -0.15) is 0 Å². The van der Waals surface area contributed by atoms with Crippen molar-refractivity contribution in [1.82, 2.24) is 0 Å². The van der Waals surface area contributed by atoms with Crippen LogP contribution in [0.3, 0.4) is 0 Å². The molecule has 1 heterocycles. The van der Waals surface area contributed by atoms with Crippen molar-refractivity contribution in [1.29, 1.82) is 0 Å². The van der Waals surface area contributed by atoms with Crippen LogP contribution in [0.1, 0.15) is 22.8 Å². The highest BCUT2D eigenvalue weighted by atomic mass is 32.1. The van der Waals surface area contributed by atoms with E-state index in [-0.39, 0.29) is 18.2 Å². The Morgan fingerprint density at radius 3 is 2.56 bits per heavy atom. The van der Waals surface area contributed by atoms with E-state index >= 15 is 0 Å². The van der Waals surface area contributed by atoms with Crippen LogP contribution in [0.2, 0.25) is 0 Å². The summed E-state index contributed by atoms with van der Waals surface area (Å²) in [5.41, 5.74) is 0.868. The maximum Gasteiger partial charge on any atom is 0.303 e. The molecule has 2 aromatic rings. The summed E-state index contributed by atoms with van der Waals surface area (Å²) in [4.78, 5) is 12.1. The van der Waals surface area contributed by atoms with Crippen LogP contribution in [0.4, 0.5) is 4.39 Å². The molecular weight excluding hydrogens is 251 g/mol. The topological polar surface area (TPSA) is 37.3 Å². The van der Waals surface area contributed by atoms with Crippen LogP contribution in [0.15, 0.2) is 41.8 Å². The van der Waals surface area contributed by atoms with Crippen molar-refractivity contribution in [2.24, 2.45) is 0 Å². The number of carboxylic acid groups (broad SMARTS) is 1. The van der Waals surface area contributed by atoms with Gasteiger partial charge in [-0.25, -0.2) is 4.39 Å². The monoisotopic (exact) mass is 264 g/mol. The van der Waals surface area contributed by atoms with Crippen LogP contribution in [-0.4, -0.2) is 11.1 Å². The summed E-state index contributed by atoms with van der Waals surface area (Å²) in [5.74, 6) is -1.24. The Labute approximate surface area is 109 Å². The molecule has 18 heavy (non-hydrogen) atoms. The van der Waals surface area contributed by atoms with Gasteiger partial charge in [0.15, 0.2) is 0 Å². The third kappa shape index (κ3) is 3.40. The molecule has 0 fully saturated rings. The van der Waals surface area contributed by atoms with Crippen molar-refractivity contribution in [2.75, 3.05) is 0 Å². The minimum atomic E-state index is -0.833. The zero-order chi connectivity index (χ0) is 13.0. The summed E-state index contributed by atoms with van der Waals surface area (Å²) < 4.78 is 12.9. The lowest BCUT2D eigenvalue weighted by Gasteiger charge is -2.14. The van der Waals surface area contributed by atoms with E-state index < -0.39 is 5.97 Å². The average molecular weight is 264 g/mol. The molecular formula is C14H13FO2S. The molecule has 0 saturated heterocycles. The predicted octanol–water partition coefficient (Wildman–Crippen LogP) is 3.69. The molecule has 0 saturated carbocycles. The standard InChI is InChI=1S/C14H13FO2S/c15-12-5-3-10(4-6-12)11(9-14(16)17)8-13-2-1-7-18-13/h1-7,11H,8-9H2,(H,16,17). The van der Waals surface area contributed by atoms with E-state index in [0.717, 1.165) is 10.4 Å². The molecule has 0 aliphatic heterocycles. The largest absolute Gasteiger partial charge is 0.481 e. The maximum absolute atomic E-state index is 12.9. The lowest BCUT2D eigenvalue weighted by molar-refractivity contribution is -0.137. The third-order valence-electron chi connectivity index (χ3n) is 2.79. The van der Waals surface area contributed by atoms with Crippen LogP contribution < -0.4 is 0 Å². The Morgan fingerprint density at radius 1 is 1.28 bits per heavy atom. The number of carboxylic acids is 1. The van der Waals surface area contributed by atoms with Gasteiger partial charge < -0.3 is 5.11 Å². The number of benzene rings is 1. The second-order valence-corrected chi connectivity index (χ2v) is 5.16. The molecule has 0 amide bonds. The number of halogens is 1. The zero-order valence-corrected chi connectivity index (χ0v) is 10.5. The molecule has 4 heteroatoms. The van der Waals surface area contributed by atoms with E-state index in [1.54, 1.807) is 23.5 Å². The number of rotatable bonds is 5. The van der Waals surface area contributed by atoms with Crippen molar-refractivity contribution >= 4 is 17.3 Å². The highest BCUT2D eigenvalue weighted by molar-refractivity contribution is 7.09. The quantitative estimate of drug-likeness (QED) is 0.894. The first-order valence-corrected chi connectivity index (χ1v) is 6.53. The van der Waals surface area contributed by atoms with Crippen LogP contribution >= 0.6 is 11.3 Å². The molecule has 1 atom stereocenters. The normalized spacial score (nSPS) is 12.3. The molecule has 0 aliphatic carbocycles. The van der Waals surface area contributed by atoms with Gasteiger partial charge >= 0.3 is 5.97 Å². The van der Waals surface area contributed by atoms with Crippen molar-refractivity contribution in [3.05, 3.63) is 58.0 Å². The summed E-state index contributed by atoms with van der Waals surface area (Å²) in [6.45, 7) is 0. The fourth-order valence-electron chi connectivity index (χ4n) is 1.93. The molecule has 0 radical (unpaired) electrons. The molecule has 1 aromatic carbocycles. The van der Waals surface area contributed by atoms with Crippen LogP contribution in [0.25, 0.3) is 0 Å². The summed E-state index contributed by atoms with van der Waals surface area (Å²) in [7, 11) is 0. The van der Waals surface area contributed by atoms with E-state index in [0.29, 0.717) is 6.42 Å². The van der Waals surface area contributed by atoms with Gasteiger partial charge in [-0.1, -0.05) is 18.2 Å². The van der Waals surface area contributed by atoms with E-state index in [1.807, 2.05) is 17.5 Å². The van der Waals surface area contributed by atoms with Crippen LogP contribution in [0, 0.1) is 5.82 Å². The molecule has 1 unspecified atom stereocenters. The average Bonchev–Trinajstić information content (AvgIpc) is 2.81. The Bertz CT molecular complexity index is 505. The summed E-state index contributed by atoms with van der Waals surface area (Å²) in [6, 6.07) is 10.0. The van der Waals surface area contributed by atoms with Crippen LogP contribution in [-0.2, 0) is 11.2 Å². The van der Waals surface area contributed by atoms with E-state index in [9.17, 15) is 9.18 Å². The first-order valence-electron chi connectivity index (χ1n) is 5.65. The Hall–Kier alpha value is -1.68. The van der Waals surface area contributed by atoms with Gasteiger partial charge in [0.05, 0.1) is 6.42 Å². The van der Waals surface area contributed by atoms with E-state index in [4.69, 9.17) is 5.11 Å². The molecule has 94 valence electrons. The SMILES string of the molecule is O=C(O)CC(Cc1cccs1)c1ccc(F)cc1. The molecule has 0 aliphatic rings. The minimum absolute atomic E-state index is 0.0591. The first kappa shape index (κ1) is 12.8. The second kappa shape index (κ2) is 5.78. The highest BCUT2D eigenvalue weighted by Crippen LogP contribution is 2.26. The lowest BCUT2D eigenvalue weighted by Crippen LogP contribution is -2.08.